The SMILES string of the molecule is O=C1CN(/N=C/c2ccc(-c3cccc(Cl)c3)o2)C(=O)N1. The van der Waals surface area contributed by atoms with Crippen LogP contribution in [0.5, 0.6) is 0 Å². The van der Waals surface area contributed by atoms with Crippen molar-refractivity contribution in [3.63, 3.8) is 0 Å². The Morgan fingerprint density at radius 1 is 1.29 bits per heavy atom. The van der Waals surface area contributed by atoms with Crippen LogP contribution in [-0.2, 0) is 4.79 Å². The van der Waals surface area contributed by atoms with Gasteiger partial charge in [0.15, 0.2) is 0 Å². The van der Waals surface area contributed by atoms with Gasteiger partial charge in [0, 0.05) is 10.6 Å². The topological polar surface area (TPSA) is 74.9 Å². The van der Waals surface area contributed by atoms with E-state index >= 15 is 0 Å². The second-order valence-corrected chi connectivity index (χ2v) is 4.80. The Bertz CT molecular complexity index is 739. The molecular weight excluding hydrogens is 294 g/mol. The molecule has 6 nitrogen and oxygen atoms in total. The van der Waals surface area contributed by atoms with Gasteiger partial charge in [-0.3, -0.25) is 10.1 Å². The first kappa shape index (κ1) is 13.4. The molecule has 0 radical (unpaired) electrons. The number of hydrogen-bond donors (Lipinski definition) is 1. The maximum atomic E-state index is 11.3. The zero-order valence-corrected chi connectivity index (χ0v) is 11.5. The first-order chi connectivity index (χ1) is 10.1. The number of hydrogen-bond acceptors (Lipinski definition) is 4. The van der Waals surface area contributed by atoms with Crippen LogP contribution >= 0.6 is 11.6 Å². The molecule has 1 fully saturated rings. The third-order valence-electron chi connectivity index (χ3n) is 2.83. The predicted molar refractivity (Wildman–Crippen MR) is 77.0 cm³/mol. The van der Waals surface area contributed by atoms with E-state index in [0.717, 1.165) is 10.6 Å². The van der Waals surface area contributed by atoms with E-state index in [0.29, 0.717) is 16.5 Å². The average molecular weight is 304 g/mol. The molecule has 0 spiro atoms. The maximum Gasteiger partial charge on any atom is 0.344 e. The minimum atomic E-state index is -0.544. The molecule has 3 amide bonds. The molecule has 0 aliphatic carbocycles. The second-order valence-electron chi connectivity index (χ2n) is 4.37. The molecule has 0 atom stereocenters. The summed E-state index contributed by atoms with van der Waals surface area (Å²) in [5.41, 5.74) is 0.844. The molecule has 2 aromatic rings. The number of carbonyl (C=O) groups excluding carboxylic acids is 2. The van der Waals surface area contributed by atoms with Gasteiger partial charge >= 0.3 is 6.03 Å². The Morgan fingerprint density at radius 3 is 2.86 bits per heavy atom. The Hall–Kier alpha value is -2.60. The quantitative estimate of drug-likeness (QED) is 0.699. The molecule has 0 saturated carbocycles. The van der Waals surface area contributed by atoms with E-state index in [-0.39, 0.29) is 12.5 Å². The van der Waals surface area contributed by atoms with E-state index in [4.69, 9.17) is 16.0 Å². The summed E-state index contributed by atoms with van der Waals surface area (Å²) >= 11 is 5.93. The molecule has 0 bridgehead atoms. The largest absolute Gasteiger partial charge is 0.455 e. The van der Waals surface area contributed by atoms with Crippen LogP contribution < -0.4 is 5.32 Å². The molecule has 1 aromatic heterocycles. The van der Waals surface area contributed by atoms with Gasteiger partial charge in [-0.1, -0.05) is 23.7 Å². The van der Waals surface area contributed by atoms with E-state index in [2.05, 4.69) is 10.4 Å². The second kappa shape index (κ2) is 5.41. The van der Waals surface area contributed by atoms with Gasteiger partial charge < -0.3 is 4.42 Å². The summed E-state index contributed by atoms with van der Waals surface area (Å²) in [7, 11) is 0. The number of imide groups is 1. The Kier molecular flexibility index (Phi) is 3.45. The molecule has 106 valence electrons. The fourth-order valence-electron chi connectivity index (χ4n) is 1.87. The summed E-state index contributed by atoms with van der Waals surface area (Å²) in [5.74, 6) is 0.731. The lowest BCUT2D eigenvalue weighted by atomic mass is 10.2. The predicted octanol–water partition coefficient (Wildman–Crippen LogP) is 2.49. The number of hydrazone groups is 1. The highest BCUT2D eigenvalue weighted by Crippen LogP contribution is 2.24. The monoisotopic (exact) mass is 303 g/mol. The van der Waals surface area contributed by atoms with Gasteiger partial charge in [0.2, 0.25) is 5.91 Å². The summed E-state index contributed by atoms with van der Waals surface area (Å²) in [6, 6.07) is 10.2. The average Bonchev–Trinajstić information content (AvgIpc) is 3.03. The highest BCUT2D eigenvalue weighted by Gasteiger charge is 2.25. The van der Waals surface area contributed by atoms with E-state index in [1.165, 1.54) is 6.21 Å². The van der Waals surface area contributed by atoms with Crippen LogP contribution in [0.4, 0.5) is 4.79 Å². The van der Waals surface area contributed by atoms with Crippen molar-refractivity contribution in [2.24, 2.45) is 5.10 Å². The molecule has 7 heteroatoms. The standard InChI is InChI=1S/C14H10ClN3O3/c15-10-3-1-2-9(6-10)12-5-4-11(21-12)7-16-18-8-13(19)17-14(18)20/h1-7H,8H2,(H,17,19,20)/b16-7+. The van der Waals surface area contributed by atoms with Crippen LogP contribution in [0, 0.1) is 0 Å². The summed E-state index contributed by atoms with van der Waals surface area (Å²) < 4.78 is 5.60. The fourth-order valence-corrected chi connectivity index (χ4v) is 2.06. The van der Waals surface area contributed by atoms with Gasteiger partial charge in [-0.15, -0.1) is 0 Å². The minimum absolute atomic E-state index is 0.0861. The van der Waals surface area contributed by atoms with E-state index in [1.807, 2.05) is 12.1 Å². The molecule has 0 unspecified atom stereocenters. The van der Waals surface area contributed by atoms with Crippen molar-refractivity contribution in [2.75, 3.05) is 6.54 Å². The molecule has 3 rings (SSSR count). The van der Waals surface area contributed by atoms with Crippen molar-refractivity contribution >= 4 is 29.8 Å². The number of rotatable bonds is 3. The van der Waals surface area contributed by atoms with Gasteiger partial charge in [0.05, 0.1) is 6.21 Å². The number of nitrogens with zero attached hydrogens (tertiary/aromatic N) is 2. The summed E-state index contributed by atoms with van der Waals surface area (Å²) in [5, 5.41) is 7.68. The Labute approximate surface area is 125 Å². The van der Waals surface area contributed by atoms with Crippen LogP contribution in [0.15, 0.2) is 45.9 Å². The smallest absolute Gasteiger partial charge is 0.344 e. The molecule has 1 aliphatic rings. The van der Waals surface area contributed by atoms with Crippen molar-refractivity contribution in [2.45, 2.75) is 0 Å². The molecule has 1 saturated heterocycles. The van der Waals surface area contributed by atoms with Crippen LogP contribution in [0.2, 0.25) is 5.02 Å². The normalized spacial score (nSPS) is 15.0. The van der Waals surface area contributed by atoms with Crippen LogP contribution in [0.1, 0.15) is 5.76 Å². The lowest BCUT2D eigenvalue weighted by Gasteiger charge is -2.02. The van der Waals surface area contributed by atoms with Crippen molar-refractivity contribution in [1.29, 1.82) is 0 Å². The number of halogens is 1. The molecule has 21 heavy (non-hydrogen) atoms. The highest BCUT2D eigenvalue weighted by atomic mass is 35.5. The van der Waals surface area contributed by atoms with Crippen LogP contribution in [0.3, 0.4) is 0 Å². The Morgan fingerprint density at radius 2 is 2.14 bits per heavy atom. The summed E-state index contributed by atoms with van der Waals surface area (Å²) in [6.45, 7) is -0.0861. The molecule has 1 N–H and O–H groups in total. The van der Waals surface area contributed by atoms with Crippen molar-refractivity contribution in [3.05, 3.63) is 47.2 Å². The number of urea groups is 1. The van der Waals surface area contributed by atoms with Crippen molar-refractivity contribution in [3.8, 4) is 11.3 Å². The van der Waals surface area contributed by atoms with Gasteiger partial charge in [-0.05, 0) is 24.3 Å². The van der Waals surface area contributed by atoms with Crippen molar-refractivity contribution in [1.82, 2.24) is 10.3 Å². The number of amides is 3. The van der Waals surface area contributed by atoms with E-state index in [9.17, 15) is 9.59 Å². The van der Waals surface area contributed by atoms with Crippen LogP contribution in [-0.4, -0.2) is 29.7 Å². The van der Waals surface area contributed by atoms with Gasteiger partial charge in [-0.25, -0.2) is 9.80 Å². The molecule has 2 heterocycles. The van der Waals surface area contributed by atoms with Gasteiger partial charge in [0.1, 0.15) is 18.1 Å². The molecule has 1 aliphatic heterocycles. The Balaban J connectivity index is 1.76. The maximum absolute atomic E-state index is 11.3. The first-order valence-electron chi connectivity index (χ1n) is 6.13. The van der Waals surface area contributed by atoms with Crippen molar-refractivity contribution < 1.29 is 14.0 Å². The zero-order chi connectivity index (χ0) is 14.8. The number of furan rings is 1. The summed E-state index contributed by atoms with van der Waals surface area (Å²) in [6.07, 6.45) is 1.38. The van der Waals surface area contributed by atoms with E-state index in [1.54, 1.807) is 24.3 Å². The number of nitrogens with one attached hydrogen (secondary N) is 1. The molecule has 1 aromatic carbocycles. The zero-order valence-electron chi connectivity index (χ0n) is 10.7. The summed E-state index contributed by atoms with van der Waals surface area (Å²) in [4.78, 5) is 22.3. The third kappa shape index (κ3) is 2.95. The lowest BCUT2D eigenvalue weighted by Crippen LogP contribution is -2.24. The number of benzene rings is 1. The lowest BCUT2D eigenvalue weighted by molar-refractivity contribution is -0.118. The van der Waals surface area contributed by atoms with E-state index < -0.39 is 6.03 Å². The highest BCUT2D eigenvalue weighted by molar-refractivity contribution is 6.30. The third-order valence-corrected chi connectivity index (χ3v) is 3.07. The minimum Gasteiger partial charge on any atom is -0.455 e. The van der Waals surface area contributed by atoms with Gasteiger partial charge in [0.25, 0.3) is 0 Å². The van der Waals surface area contributed by atoms with Gasteiger partial charge in [-0.2, -0.15) is 5.10 Å². The fraction of sp³-hybridized carbons (Fsp3) is 0.0714. The van der Waals surface area contributed by atoms with Crippen LogP contribution in [0.25, 0.3) is 11.3 Å². The molecular formula is C14H10ClN3O3. The number of carbonyl (C=O) groups is 2. The first-order valence-corrected chi connectivity index (χ1v) is 6.51.